The normalized spacial score (nSPS) is 13.2. The molecule has 11 rings (SSSR count). The summed E-state index contributed by atoms with van der Waals surface area (Å²) in [6.45, 7) is 0. The molecule has 0 saturated heterocycles. The van der Waals surface area contributed by atoms with E-state index in [9.17, 15) is 0 Å². The molecule has 0 bridgehead atoms. The maximum Gasteiger partial charge on any atom is 0.0369 e. The van der Waals surface area contributed by atoms with Gasteiger partial charge in [0, 0.05) is 39.3 Å². The van der Waals surface area contributed by atoms with Crippen molar-refractivity contribution in [2.45, 2.75) is 12.8 Å². The molecule has 3 heteroatoms. The van der Waals surface area contributed by atoms with Gasteiger partial charge in [-0.05, 0) is 128 Å². The lowest BCUT2D eigenvalue weighted by Crippen LogP contribution is -1.81. The third kappa shape index (κ3) is 3.63. The van der Waals surface area contributed by atoms with E-state index in [0.717, 1.165) is 12.8 Å². The largest absolute Gasteiger partial charge is 0.135 e. The van der Waals surface area contributed by atoms with Crippen LogP contribution in [0.4, 0.5) is 0 Å². The van der Waals surface area contributed by atoms with E-state index in [1.165, 1.54) is 106 Å². The molecule has 2 aliphatic carbocycles. The average molecular weight is 625 g/mol. The predicted octanol–water partition coefficient (Wildman–Crippen LogP) is 13.0. The van der Waals surface area contributed by atoms with Crippen molar-refractivity contribution in [3.05, 3.63) is 144 Å². The zero-order chi connectivity index (χ0) is 29.2. The van der Waals surface area contributed by atoms with Crippen molar-refractivity contribution in [3.8, 4) is 43.1 Å². The van der Waals surface area contributed by atoms with Crippen molar-refractivity contribution in [2.24, 2.45) is 0 Å². The first-order valence-electron chi connectivity index (χ1n) is 15.5. The van der Waals surface area contributed by atoms with Gasteiger partial charge in [0.25, 0.3) is 0 Å². The Kier molecular flexibility index (Phi) is 4.96. The van der Waals surface area contributed by atoms with E-state index in [1.807, 2.05) is 34.0 Å². The average Bonchev–Trinajstić information content (AvgIpc) is 3.88. The molecule has 0 amide bonds. The standard InChI is InChI=1S/C42H24S3/c1-3-7-31-23(5-1)13-27-15-25(9-11-33(27)31)37-19-29-17-35-36-18-30-20-38(44-40(30)22-42(36)45-41(35)21-39(29)43-37)26-10-12-34-28(16-26)14-24-6-2-4-8-32(24)34/h1-12,15-22H,13-14H2. The van der Waals surface area contributed by atoms with Crippen molar-refractivity contribution in [2.75, 3.05) is 0 Å². The van der Waals surface area contributed by atoms with Gasteiger partial charge in [0.05, 0.1) is 0 Å². The number of thiophene rings is 3. The Morgan fingerprint density at radius 2 is 0.822 bits per heavy atom. The van der Waals surface area contributed by atoms with Gasteiger partial charge in [-0.25, -0.2) is 0 Å². The molecule has 0 spiro atoms. The smallest absolute Gasteiger partial charge is 0.0369 e. The Balaban J connectivity index is 0.974. The molecule has 0 saturated carbocycles. The van der Waals surface area contributed by atoms with Gasteiger partial charge < -0.3 is 0 Å². The Bertz CT molecular complexity index is 2530. The Hall–Kier alpha value is -4.54. The predicted molar refractivity (Wildman–Crippen MR) is 197 cm³/mol. The van der Waals surface area contributed by atoms with E-state index >= 15 is 0 Å². The Labute approximate surface area is 272 Å². The molecule has 3 aromatic heterocycles. The minimum atomic E-state index is 1.03. The second-order valence-electron chi connectivity index (χ2n) is 12.5. The second-order valence-corrected chi connectivity index (χ2v) is 15.8. The van der Waals surface area contributed by atoms with Crippen LogP contribution in [0.5, 0.6) is 0 Å². The highest BCUT2D eigenvalue weighted by atomic mass is 32.1. The van der Waals surface area contributed by atoms with Crippen LogP contribution in [0.15, 0.2) is 121 Å². The lowest BCUT2D eigenvalue weighted by molar-refractivity contribution is 1.26. The zero-order valence-corrected chi connectivity index (χ0v) is 26.6. The van der Waals surface area contributed by atoms with Gasteiger partial charge in [-0.2, -0.15) is 0 Å². The summed E-state index contributed by atoms with van der Waals surface area (Å²) in [7, 11) is 0. The van der Waals surface area contributed by atoms with Crippen LogP contribution in [0.2, 0.25) is 0 Å². The molecule has 2 aliphatic rings. The number of benzene rings is 6. The molecule has 6 aromatic carbocycles. The molecular formula is C42H24S3. The maximum atomic E-state index is 2.43. The minimum Gasteiger partial charge on any atom is -0.135 e. The van der Waals surface area contributed by atoms with Crippen molar-refractivity contribution in [3.63, 3.8) is 0 Å². The van der Waals surface area contributed by atoms with Crippen LogP contribution in [0.1, 0.15) is 22.3 Å². The van der Waals surface area contributed by atoms with Crippen LogP contribution in [-0.4, -0.2) is 0 Å². The summed E-state index contributed by atoms with van der Waals surface area (Å²) in [5, 5.41) is 5.44. The molecule has 210 valence electrons. The monoisotopic (exact) mass is 624 g/mol. The molecule has 0 N–H and O–H groups in total. The van der Waals surface area contributed by atoms with Crippen LogP contribution in [0, 0.1) is 0 Å². The summed E-state index contributed by atoms with van der Waals surface area (Å²) in [4.78, 5) is 2.71. The molecule has 0 nitrogen and oxygen atoms in total. The molecular weight excluding hydrogens is 601 g/mol. The quantitative estimate of drug-likeness (QED) is 0.179. The van der Waals surface area contributed by atoms with E-state index < -0.39 is 0 Å². The third-order valence-corrected chi connectivity index (χ3v) is 13.3. The number of hydrogen-bond acceptors (Lipinski definition) is 3. The van der Waals surface area contributed by atoms with Crippen molar-refractivity contribution in [1.82, 2.24) is 0 Å². The lowest BCUT2D eigenvalue weighted by Gasteiger charge is -2.03. The topological polar surface area (TPSA) is 0 Å². The van der Waals surface area contributed by atoms with Crippen LogP contribution >= 0.6 is 34.0 Å². The summed E-state index contributed by atoms with van der Waals surface area (Å²) >= 11 is 5.78. The molecule has 0 radical (unpaired) electrons. The van der Waals surface area contributed by atoms with Crippen LogP contribution in [0.3, 0.4) is 0 Å². The summed E-state index contributed by atoms with van der Waals surface area (Å²) in [6, 6.07) is 46.3. The summed E-state index contributed by atoms with van der Waals surface area (Å²) in [5.41, 5.74) is 14.0. The fraction of sp³-hybridized carbons (Fsp3) is 0.0476. The first-order chi connectivity index (χ1) is 22.2. The first kappa shape index (κ1) is 24.7. The molecule has 0 unspecified atom stereocenters. The van der Waals surface area contributed by atoms with Gasteiger partial charge in [0.1, 0.15) is 0 Å². The van der Waals surface area contributed by atoms with Crippen LogP contribution < -0.4 is 0 Å². The summed E-state index contributed by atoms with van der Waals surface area (Å²) < 4.78 is 5.50. The number of hydrogen-bond donors (Lipinski definition) is 0. The van der Waals surface area contributed by atoms with E-state index in [4.69, 9.17) is 0 Å². The van der Waals surface area contributed by atoms with Gasteiger partial charge >= 0.3 is 0 Å². The van der Waals surface area contributed by atoms with Gasteiger partial charge in [-0.15, -0.1) is 34.0 Å². The first-order valence-corrected chi connectivity index (χ1v) is 17.9. The molecule has 0 aliphatic heterocycles. The van der Waals surface area contributed by atoms with Crippen LogP contribution in [0.25, 0.3) is 83.5 Å². The second kappa shape index (κ2) is 9.02. The van der Waals surface area contributed by atoms with E-state index in [0.29, 0.717) is 0 Å². The molecule has 0 atom stereocenters. The SMILES string of the molecule is c1ccc2c(c1)Cc1cc(-c3cc4cc5c(cc4s3)sc3cc4sc(-c6ccc7c(c6)Cc6ccccc6-7)cc4cc35)ccc1-2. The van der Waals surface area contributed by atoms with E-state index in [-0.39, 0.29) is 0 Å². The van der Waals surface area contributed by atoms with E-state index in [1.54, 1.807) is 0 Å². The lowest BCUT2D eigenvalue weighted by atomic mass is 10.0. The highest BCUT2D eigenvalue weighted by molar-refractivity contribution is 7.27. The van der Waals surface area contributed by atoms with Gasteiger partial charge in [-0.1, -0.05) is 72.8 Å². The molecule has 0 fully saturated rings. The minimum absolute atomic E-state index is 1.03. The van der Waals surface area contributed by atoms with Crippen molar-refractivity contribution >= 4 is 74.4 Å². The molecule has 3 heterocycles. The fourth-order valence-electron chi connectivity index (χ4n) is 7.73. The van der Waals surface area contributed by atoms with Gasteiger partial charge in [-0.3, -0.25) is 0 Å². The molecule has 9 aromatic rings. The zero-order valence-electron chi connectivity index (χ0n) is 24.2. The van der Waals surface area contributed by atoms with Gasteiger partial charge in [0.15, 0.2) is 0 Å². The maximum absolute atomic E-state index is 2.43. The summed E-state index contributed by atoms with van der Waals surface area (Å²) in [6.07, 6.45) is 2.07. The Morgan fingerprint density at radius 1 is 0.356 bits per heavy atom. The van der Waals surface area contributed by atoms with Crippen molar-refractivity contribution < 1.29 is 0 Å². The van der Waals surface area contributed by atoms with Crippen LogP contribution in [-0.2, 0) is 12.8 Å². The van der Waals surface area contributed by atoms with Crippen molar-refractivity contribution in [1.29, 1.82) is 0 Å². The van der Waals surface area contributed by atoms with E-state index in [2.05, 4.69) is 121 Å². The Morgan fingerprint density at radius 3 is 1.33 bits per heavy atom. The number of rotatable bonds is 2. The summed E-state index contributed by atoms with van der Waals surface area (Å²) in [5.74, 6) is 0. The highest BCUT2D eigenvalue weighted by Gasteiger charge is 2.21. The highest BCUT2D eigenvalue weighted by Crippen LogP contribution is 2.46. The van der Waals surface area contributed by atoms with Gasteiger partial charge in [0.2, 0.25) is 0 Å². The fourth-order valence-corrected chi connectivity index (χ4v) is 11.2. The third-order valence-electron chi connectivity index (χ3n) is 9.90. The number of fused-ring (bicyclic) bond motifs is 11. The molecule has 45 heavy (non-hydrogen) atoms.